The van der Waals surface area contributed by atoms with E-state index in [0.29, 0.717) is 0 Å². The zero-order valence-electron chi connectivity index (χ0n) is 37.6. The molecule has 4 aliphatic carbocycles. The average Bonchev–Trinajstić information content (AvgIpc) is 4.14. The van der Waals surface area contributed by atoms with Crippen LogP contribution >= 0.6 is 0 Å². The van der Waals surface area contributed by atoms with Crippen molar-refractivity contribution in [3.8, 4) is 44.5 Å². The molecule has 0 saturated heterocycles. The summed E-state index contributed by atoms with van der Waals surface area (Å²) in [7, 11) is 0. The number of benzene rings is 12. The molecule has 0 nitrogen and oxygen atoms in total. The molecule has 0 saturated carbocycles. The van der Waals surface area contributed by atoms with Crippen LogP contribution in [0.3, 0.4) is 0 Å². The first-order chi connectivity index (χ1) is 33.6. The normalized spacial score (nSPS) is 15.4. The minimum absolute atomic E-state index is 0.0519. The first-order valence-corrected chi connectivity index (χ1v) is 24.5. The van der Waals surface area contributed by atoms with Crippen molar-refractivity contribution >= 4 is 53.9 Å². The van der Waals surface area contributed by atoms with Gasteiger partial charge in [0.25, 0.3) is 0 Å². The molecule has 0 fully saturated rings. The summed E-state index contributed by atoms with van der Waals surface area (Å²) in [5, 5.41) is 13.1. The second-order valence-corrected chi connectivity index (χ2v) is 20.4. The Hall–Kier alpha value is -8.06. The second-order valence-electron chi connectivity index (χ2n) is 20.4. The van der Waals surface area contributed by atoms with Crippen LogP contribution in [-0.2, 0) is 36.5 Å². The van der Waals surface area contributed by atoms with Crippen molar-refractivity contribution in [3.05, 3.63) is 263 Å². The first kappa shape index (κ1) is 37.1. The molecule has 0 atom stereocenters. The van der Waals surface area contributed by atoms with Crippen LogP contribution in [0.1, 0.15) is 44.5 Å². The van der Waals surface area contributed by atoms with Crippen LogP contribution in [0.5, 0.6) is 0 Å². The fourth-order valence-corrected chi connectivity index (χ4v) is 14.3. The van der Waals surface area contributed by atoms with Crippen molar-refractivity contribution in [2.24, 2.45) is 0 Å². The SMILES string of the molecule is c1ccc2c(c1)CC1(C2)c2ccccc2-c2ccc(-c3ccc4c5ccc(-c6ccc7c(c6)C6(Cc8ccccc8C6)c6ccccc6-7)cc5c5c6ccccc6c6ccccc6c5c4c3)cc21. The average molecular weight is 861 g/mol. The molecular formula is C68H44. The van der Waals surface area contributed by atoms with Crippen LogP contribution in [0, 0.1) is 0 Å². The molecule has 0 heterocycles. The zero-order valence-corrected chi connectivity index (χ0v) is 37.6. The lowest BCUT2D eigenvalue weighted by atomic mass is 9.75. The second kappa shape index (κ2) is 13.3. The lowest BCUT2D eigenvalue weighted by molar-refractivity contribution is 0.563. The highest BCUT2D eigenvalue weighted by Crippen LogP contribution is 2.58. The van der Waals surface area contributed by atoms with Crippen molar-refractivity contribution < 1.29 is 0 Å². The summed E-state index contributed by atoms with van der Waals surface area (Å²) in [6, 6.07) is 84.2. The molecule has 12 aromatic carbocycles. The Balaban J connectivity index is 0.916. The lowest BCUT2D eigenvalue weighted by Crippen LogP contribution is -2.25. The van der Waals surface area contributed by atoms with E-state index < -0.39 is 0 Å². The molecule has 0 N–H and O–H groups in total. The molecule has 0 aliphatic heterocycles. The maximum Gasteiger partial charge on any atom is 0.0296 e. The van der Waals surface area contributed by atoms with Gasteiger partial charge in [-0.1, -0.05) is 194 Å². The summed E-state index contributed by atoms with van der Waals surface area (Å²) in [5.74, 6) is 0. The highest BCUT2D eigenvalue weighted by molar-refractivity contribution is 6.39. The predicted molar refractivity (Wildman–Crippen MR) is 285 cm³/mol. The maximum absolute atomic E-state index is 2.55. The molecule has 0 unspecified atom stereocenters. The monoisotopic (exact) mass is 860 g/mol. The van der Waals surface area contributed by atoms with Gasteiger partial charge < -0.3 is 0 Å². The third-order valence-electron chi connectivity index (χ3n) is 17.2. The van der Waals surface area contributed by atoms with Crippen molar-refractivity contribution in [2.75, 3.05) is 0 Å². The minimum Gasteiger partial charge on any atom is -0.0620 e. The largest absolute Gasteiger partial charge is 0.0620 e. The van der Waals surface area contributed by atoms with Gasteiger partial charge in [-0.05, 0) is 193 Å². The highest BCUT2D eigenvalue weighted by atomic mass is 14.5. The van der Waals surface area contributed by atoms with E-state index >= 15 is 0 Å². The van der Waals surface area contributed by atoms with Gasteiger partial charge in [0.15, 0.2) is 0 Å². The molecule has 0 heteroatoms. The van der Waals surface area contributed by atoms with Crippen molar-refractivity contribution in [1.82, 2.24) is 0 Å². The van der Waals surface area contributed by atoms with E-state index in [1.165, 1.54) is 143 Å². The number of fused-ring (bicyclic) bond motifs is 23. The first-order valence-electron chi connectivity index (χ1n) is 24.5. The Bertz CT molecular complexity index is 3900. The number of hydrogen-bond acceptors (Lipinski definition) is 0. The molecular weight excluding hydrogens is 817 g/mol. The van der Waals surface area contributed by atoms with Gasteiger partial charge >= 0.3 is 0 Å². The van der Waals surface area contributed by atoms with Crippen LogP contribution in [0.4, 0.5) is 0 Å². The third-order valence-corrected chi connectivity index (χ3v) is 17.2. The van der Waals surface area contributed by atoms with Crippen LogP contribution in [0.25, 0.3) is 98.4 Å². The molecule has 0 aromatic heterocycles. The zero-order chi connectivity index (χ0) is 44.3. The van der Waals surface area contributed by atoms with E-state index in [1.807, 2.05) is 0 Å². The minimum atomic E-state index is -0.0519. The van der Waals surface area contributed by atoms with E-state index in [2.05, 4.69) is 218 Å². The molecule has 316 valence electrons. The van der Waals surface area contributed by atoms with Crippen LogP contribution in [0.15, 0.2) is 218 Å². The summed E-state index contributed by atoms with van der Waals surface area (Å²) in [5.41, 5.74) is 22.4. The molecule has 16 rings (SSSR count). The molecule has 68 heavy (non-hydrogen) atoms. The Morgan fingerprint density at radius 1 is 0.221 bits per heavy atom. The van der Waals surface area contributed by atoms with Gasteiger partial charge in [-0.15, -0.1) is 0 Å². The molecule has 0 bridgehead atoms. The van der Waals surface area contributed by atoms with E-state index in [1.54, 1.807) is 0 Å². The molecule has 2 spiro atoms. The summed E-state index contributed by atoms with van der Waals surface area (Å²) < 4.78 is 0. The summed E-state index contributed by atoms with van der Waals surface area (Å²) in [6.07, 6.45) is 4.17. The fraction of sp³-hybridized carbons (Fsp3) is 0.0882. The number of hydrogen-bond donors (Lipinski definition) is 0. The summed E-state index contributed by atoms with van der Waals surface area (Å²) in [6.45, 7) is 0. The Kier molecular flexibility index (Phi) is 7.26. The molecule has 0 radical (unpaired) electrons. The van der Waals surface area contributed by atoms with E-state index in [4.69, 9.17) is 0 Å². The van der Waals surface area contributed by atoms with Gasteiger partial charge in [0.2, 0.25) is 0 Å². The standard InChI is InChI=1S/C68H44/c1-2-14-46-38-67(37-45(46)13-1)61-23-11-9-19-53(61)55-31-27-43(35-63(55)67)41-25-29-51-52-30-26-42(34-60(52)66-58-22-8-6-18-50(58)49-17-5-7-21-57(49)65(66)59(51)33-41)44-28-32-56-54-20-10-12-24-62(54)68(64(56)36-44)39-47-15-3-4-16-48(47)40-68/h1-36H,37-40H2. The van der Waals surface area contributed by atoms with Crippen molar-refractivity contribution in [1.29, 1.82) is 0 Å². The Labute approximate surface area is 395 Å². The van der Waals surface area contributed by atoms with Gasteiger partial charge in [-0.25, -0.2) is 0 Å². The summed E-state index contributed by atoms with van der Waals surface area (Å²) in [4.78, 5) is 0. The van der Waals surface area contributed by atoms with Crippen molar-refractivity contribution in [2.45, 2.75) is 36.5 Å². The highest BCUT2D eigenvalue weighted by Gasteiger charge is 2.48. The van der Waals surface area contributed by atoms with Crippen molar-refractivity contribution in [3.63, 3.8) is 0 Å². The van der Waals surface area contributed by atoms with Gasteiger partial charge in [0.1, 0.15) is 0 Å². The molecule has 0 amide bonds. The van der Waals surface area contributed by atoms with E-state index in [-0.39, 0.29) is 10.8 Å². The third kappa shape index (κ3) is 4.79. The predicted octanol–water partition coefficient (Wildman–Crippen LogP) is 16.9. The summed E-state index contributed by atoms with van der Waals surface area (Å²) >= 11 is 0. The molecule has 12 aromatic rings. The molecule has 4 aliphatic rings. The van der Waals surface area contributed by atoms with Gasteiger partial charge in [-0.3, -0.25) is 0 Å². The van der Waals surface area contributed by atoms with Crippen LogP contribution < -0.4 is 0 Å². The lowest BCUT2D eigenvalue weighted by Gasteiger charge is -2.27. The fourth-order valence-electron chi connectivity index (χ4n) is 14.3. The van der Waals surface area contributed by atoms with Crippen LogP contribution in [0.2, 0.25) is 0 Å². The van der Waals surface area contributed by atoms with Gasteiger partial charge in [0, 0.05) is 10.8 Å². The van der Waals surface area contributed by atoms with Gasteiger partial charge in [0.05, 0.1) is 0 Å². The maximum atomic E-state index is 2.55. The van der Waals surface area contributed by atoms with Gasteiger partial charge in [-0.2, -0.15) is 0 Å². The smallest absolute Gasteiger partial charge is 0.0296 e. The van der Waals surface area contributed by atoms with Crippen LogP contribution in [-0.4, -0.2) is 0 Å². The quantitative estimate of drug-likeness (QED) is 0.152. The number of rotatable bonds is 2. The van der Waals surface area contributed by atoms with E-state index in [9.17, 15) is 0 Å². The Morgan fingerprint density at radius 3 is 0.956 bits per heavy atom. The van der Waals surface area contributed by atoms with E-state index in [0.717, 1.165) is 25.7 Å². The topological polar surface area (TPSA) is 0 Å². The Morgan fingerprint density at radius 2 is 0.529 bits per heavy atom.